The van der Waals surface area contributed by atoms with Crippen LogP contribution in [0.15, 0.2) is 18.5 Å². The molecule has 3 nitrogen and oxygen atoms in total. The molecule has 1 saturated carbocycles. The second kappa shape index (κ2) is 4.62. The molecule has 15 heavy (non-hydrogen) atoms. The van der Waals surface area contributed by atoms with E-state index in [2.05, 4.69) is 4.98 Å². The first-order chi connectivity index (χ1) is 7.31. The van der Waals surface area contributed by atoms with Crippen LogP contribution in [0.25, 0.3) is 0 Å². The number of anilines is 1. The van der Waals surface area contributed by atoms with Gasteiger partial charge >= 0.3 is 0 Å². The van der Waals surface area contributed by atoms with Gasteiger partial charge in [0, 0.05) is 13.3 Å². The molecular weight excluding hydrogens is 188 g/mol. The van der Waals surface area contributed by atoms with Crippen LogP contribution in [0.5, 0.6) is 0 Å². The zero-order chi connectivity index (χ0) is 10.7. The fourth-order valence-corrected chi connectivity index (χ4v) is 2.40. The zero-order valence-electron chi connectivity index (χ0n) is 9.15. The van der Waals surface area contributed by atoms with Crippen molar-refractivity contribution in [3.05, 3.63) is 24.0 Å². The Morgan fingerprint density at radius 3 is 2.67 bits per heavy atom. The van der Waals surface area contributed by atoms with Gasteiger partial charge < -0.3 is 10.5 Å². The fraction of sp³-hybridized carbons (Fsp3) is 0.583. The van der Waals surface area contributed by atoms with Crippen LogP contribution in [-0.4, -0.2) is 18.2 Å². The third-order valence-electron chi connectivity index (χ3n) is 3.33. The van der Waals surface area contributed by atoms with Crippen LogP contribution in [0.3, 0.4) is 0 Å². The average Bonchev–Trinajstić information content (AvgIpc) is 2.30. The van der Waals surface area contributed by atoms with Gasteiger partial charge in [0.1, 0.15) is 0 Å². The van der Waals surface area contributed by atoms with Crippen molar-refractivity contribution in [2.24, 2.45) is 0 Å². The lowest BCUT2D eigenvalue weighted by Gasteiger charge is -2.28. The molecule has 1 fully saturated rings. The number of ether oxygens (including phenoxy) is 1. The standard InChI is InChI=1S/C12H18N2O/c1-15-10-4-2-9(3-5-10)11-6-7-14-8-12(11)13/h6-10H,2-5,13H2,1H3. The largest absolute Gasteiger partial charge is 0.397 e. The topological polar surface area (TPSA) is 48.1 Å². The molecule has 1 aromatic heterocycles. The van der Waals surface area contributed by atoms with E-state index < -0.39 is 0 Å². The highest BCUT2D eigenvalue weighted by Crippen LogP contribution is 2.35. The van der Waals surface area contributed by atoms with Crippen LogP contribution in [0.4, 0.5) is 5.69 Å². The van der Waals surface area contributed by atoms with Crippen LogP contribution in [-0.2, 0) is 4.74 Å². The maximum atomic E-state index is 5.92. The molecule has 0 aromatic carbocycles. The molecule has 0 spiro atoms. The van der Waals surface area contributed by atoms with Crippen molar-refractivity contribution in [1.82, 2.24) is 4.98 Å². The zero-order valence-corrected chi connectivity index (χ0v) is 9.15. The highest BCUT2D eigenvalue weighted by atomic mass is 16.5. The van der Waals surface area contributed by atoms with E-state index in [9.17, 15) is 0 Å². The predicted molar refractivity (Wildman–Crippen MR) is 60.7 cm³/mol. The Balaban J connectivity index is 2.04. The highest BCUT2D eigenvalue weighted by molar-refractivity contribution is 5.46. The quantitative estimate of drug-likeness (QED) is 0.808. The summed E-state index contributed by atoms with van der Waals surface area (Å²) >= 11 is 0. The summed E-state index contributed by atoms with van der Waals surface area (Å²) in [4.78, 5) is 4.02. The minimum absolute atomic E-state index is 0.448. The maximum absolute atomic E-state index is 5.92. The molecule has 0 unspecified atom stereocenters. The smallest absolute Gasteiger partial charge is 0.0571 e. The van der Waals surface area contributed by atoms with Crippen LogP contribution in [0, 0.1) is 0 Å². The molecule has 1 aromatic rings. The Kier molecular flexibility index (Phi) is 3.21. The number of methoxy groups -OCH3 is 1. The number of hydrogen-bond donors (Lipinski definition) is 1. The minimum Gasteiger partial charge on any atom is -0.397 e. The number of aromatic nitrogens is 1. The maximum Gasteiger partial charge on any atom is 0.0571 e. The average molecular weight is 206 g/mol. The molecule has 0 aliphatic heterocycles. The van der Waals surface area contributed by atoms with Crippen molar-refractivity contribution in [3.8, 4) is 0 Å². The van der Waals surface area contributed by atoms with Gasteiger partial charge in [-0.25, -0.2) is 0 Å². The monoisotopic (exact) mass is 206 g/mol. The summed E-state index contributed by atoms with van der Waals surface area (Å²) in [7, 11) is 1.80. The van der Waals surface area contributed by atoms with Gasteiger partial charge in [0.2, 0.25) is 0 Å². The Hall–Kier alpha value is -1.09. The van der Waals surface area contributed by atoms with Gasteiger partial charge in [0.15, 0.2) is 0 Å². The van der Waals surface area contributed by atoms with E-state index in [0.717, 1.165) is 18.5 Å². The molecular formula is C12H18N2O. The van der Waals surface area contributed by atoms with Crippen molar-refractivity contribution >= 4 is 5.69 Å². The number of nitrogens with two attached hydrogens (primary N) is 1. The van der Waals surface area contributed by atoms with Crippen molar-refractivity contribution in [1.29, 1.82) is 0 Å². The minimum atomic E-state index is 0.448. The van der Waals surface area contributed by atoms with E-state index in [1.54, 1.807) is 13.3 Å². The van der Waals surface area contributed by atoms with Gasteiger partial charge in [-0.05, 0) is 43.2 Å². The Morgan fingerprint density at radius 2 is 2.07 bits per heavy atom. The molecule has 3 heteroatoms. The van der Waals surface area contributed by atoms with E-state index in [1.165, 1.54) is 18.4 Å². The molecule has 2 rings (SSSR count). The van der Waals surface area contributed by atoms with Crippen LogP contribution >= 0.6 is 0 Å². The lowest BCUT2D eigenvalue weighted by Crippen LogP contribution is -2.19. The number of hydrogen-bond acceptors (Lipinski definition) is 3. The normalized spacial score (nSPS) is 26.5. The molecule has 1 heterocycles. The number of nitrogens with zero attached hydrogens (tertiary/aromatic N) is 1. The summed E-state index contributed by atoms with van der Waals surface area (Å²) in [5.41, 5.74) is 8.02. The Morgan fingerprint density at radius 1 is 1.33 bits per heavy atom. The van der Waals surface area contributed by atoms with Gasteiger partial charge in [-0.3, -0.25) is 4.98 Å². The summed E-state index contributed by atoms with van der Waals surface area (Å²) in [5, 5.41) is 0. The fourth-order valence-electron chi connectivity index (χ4n) is 2.40. The van der Waals surface area contributed by atoms with E-state index in [-0.39, 0.29) is 0 Å². The first-order valence-corrected chi connectivity index (χ1v) is 5.53. The van der Waals surface area contributed by atoms with E-state index in [0.29, 0.717) is 12.0 Å². The number of rotatable bonds is 2. The molecule has 0 saturated heterocycles. The SMILES string of the molecule is COC1CCC(c2ccncc2N)CC1. The summed E-state index contributed by atoms with van der Waals surface area (Å²) in [6.45, 7) is 0. The molecule has 0 atom stereocenters. The third-order valence-corrected chi connectivity index (χ3v) is 3.33. The Labute approximate surface area is 90.7 Å². The van der Waals surface area contributed by atoms with E-state index >= 15 is 0 Å². The molecule has 2 N–H and O–H groups in total. The second-order valence-corrected chi connectivity index (χ2v) is 4.21. The van der Waals surface area contributed by atoms with Crippen LogP contribution in [0.1, 0.15) is 37.2 Å². The third kappa shape index (κ3) is 2.29. The van der Waals surface area contributed by atoms with Crippen molar-refractivity contribution in [2.75, 3.05) is 12.8 Å². The van der Waals surface area contributed by atoms with Gasteiger partial charge in [-0.2, -0.15) is 0 Å². The summed E-state index contributed by atoms with van der Waals surface area (Å²) in [6, 6.07) is 2.05. The first kappa shape index (κ1) is 10.4. The van der Waals surface area contributed by atoms with Crippen molar-refractivity contribution < 1.29 is 4.74 Å². The Bertz CT molecular complexity index is 319. The van der Waals surface area contributed by atoms with Gasteiger partial charge in [-0.15, -0.1) is 0 Å². The predicted octanol–water partition coefficient (Wildman–Crippen LogP) is 2.34. The molecule has 0 amide bonds. The van der Waals surface area contributed by atoms with Gasteiger partial charge in [-0.1, -0.05) is 0 Å². The van der Waals surface area contributed by atoms with Gasteiger partial charge in [0.25, 0.3) is 0 Å². The lowest BCUT2D eigenvalue weighted by molar-refractivity contribution is 0.0659. The molecule has 0 radical (unpaired) electrons. The van der Waals surface area contributed by atoms with Crippen LogP contribution < -0.4 is 5.73 Å². The summed E-state index contributed by atoms with van der Waals surface area (Å²) in [5.74, 6) is 0.597. The highest BCUT2D eigenvalue weighted by Gasteiger charge is 2.23. The van der Waals surface area contributed by atoms with Crippen molar-refractivity contribution in [2.45, 2.75) is 37.7 Å². The summed E-state index contributed by atoms with van der Waals surface area (Å²) < 4.78 is 5.36. The lowest BCUT2D eigenvalue weighted by atomic mass is 9.82. The molecule has 82 valence electrons. The van der Waals surface area contributed by atoms with Crippen LogP contribution in [0.2, 0.25) is 0 Å². The number of nitrogen functional groups attached to an aromatic ring is 1. The van der Waals surface area contributed by atoms with Gasteiger partial charge in [0.05, 0.1) is 18.0 Å². The van der Waals surface area contributed by atoms with E-state index in [1.807, 2.05) is 12.3 Å². The summed E-state index contributed by atoms with van der Waals surface area (Å²) in [6.07, 6.45) is 8.65. The molecule has 1 aliphatic carbocycles. The van der Waals surface area contributed by atoms with E-state index in [4.69, 9.17) is 10.5 Å². The van der Waals surface area contributed by atoms with Crippen molar-refractivity contribution in [3.63, 3.8) is 0 Å². The first-order valence-electron chi connectivity index (χ1n) is 5.53. The second-order valence-electron chi connectivity index (χ2n) is 4.21. The molecule has 0 bridgehead atoms. The number of pyridine rings is 1. The molecule has 1 aliphatic rings.